The molecular formula is C21H23FN2O4. The Morgan fingerprint density at radius 3 is 2.32 bits per heavy atom. The maximum atomic E-state index is 13.8. The number of rotatable bonds is 6. The van der Waals surface area contributed by atoms with E-state index in [1.54, 1.807) is 39.0 Å². The van der Waals surface area contributed by atoms with Gasteiger partial charge in [0.15, 0.2) is 0 Å². The summed E-state index contributed by atoms with van der Waals surface area (Å²) >= 11 is 0. The fourth-order valence-corrected chi connectivity index (χ4v) is 2.66. The van der Waals surface area contributed by atoms with Crippen molar-refractivity contribution in [1.82, 2.24) is 5.32 Å². The Hall–Kier alpha value is -3.22. The van der Waals surface area contributed by atoms with E-state index >= 15 is 0 Å². The fourth-order valence-electron chi connectivity index (χ4n) is 2.66. The number of amides is 2. The minimum Gasteiger partial charge on any atom is -0.465 e. The highest BCUT2D eigenvalue weighted by Gasteiger charge is 2.26. The van der Waals surface area contributed by atoms with Crippen LogP contribution in [0.3, 0.4) is 0 Å². The lowest BCUT2D eigenvalue weighted by Crippen LogP contribution is -2.47. The number of anilines is 1. The number of ether oxygens (including phenoxy) is 1. The molecule has 0 aliphatic heterocycles. The number of halogens is 1. The van der Waals surface area contributed by atoms with Crippen molar-refractivity contribution in [3.63, 3.8) is 0 Å². The smallest absolute Gasteiger partial charge is 0.337 e. The van der Waals surface area contributed by atoms with Crippen molar-refractivity contribution in [2.45, 2.75) is 26.8 Å². The van der Waals surface area contributed by atoms with Crippen molar-refractivity contribution >= 4 is 23.5 Å². The lowest BCUT2D eigenvalue weighted by Gasteiger charge is -2.22. The summed E-state index contributed by atoms with van der Waals surface area (Å²) < 4.78 is 18.5. The molecule has 0 aromatic heterocycles. The van der Waals surface area contributed by atoms with Gasteiger partial charge in [0.25, 0.3) is 5.91 Å². The fraction of sp³-hybridized carbons (Fsp3) is 0.286. The van der Waals surface area contributed by atoms with Gasteiger partial charge < -0.3 is 15.4 Å². The Morgan fingerprint density at radius 2 is 1.75 bits per heavy atom. The number of esters is 1. The van der Waals surface area contributed by atoms with Crippen LogP contribution in [-0.4, -0.2) is 30.9 Å². The Balaban J connectivity index is 2.16. The maximum Gasteiger partial charge on any atom is 0.337 e. The van der Waals surface area contributed by atoms with Gasteiger partial charge in [-0.2, -0.15) is 0 Å². The van der Waals surface area contributed by atoms with Gasteiger partial charge in [-0.05, 0) is 48.7 Å². The molecule has 148 valence electrons. The van der Waals surface area contributed by atoms with Gasteiger partial charge in [0.1, 0.15) is 11.9 Å². The molecule has 2 aromatic carbocycles. The van der Waals surface area contributed by atoms with E-state index in [0.717, 1.165) is 0 Å². The van der Waals surface area contributed by atoms with Crippen molar-refractivity contribution < 1.29 is 23.5 Å². The standard InChI is InChI=1S/C21H23FN2O4/c1-12(2)18(24-19(25)15-7-5-6-8-16(15)22)20(26)23-17-10-9-14(11-13(17)3)21(27)28-4/h5-12,18H,1-4H3,(H,23,26)(H,24,25)/t18-/m0/s1. The molecule has 0 aliphatic carbocycles. The molecule has 0 radical (unpaired) electrons. The zero-order valence-corrected chi connectivity index (χ0v) is 16.2. The Morgan fingerprint density at radius 1 is 1.07 bits per heavy atom. The molecule has 1 atom stereocenters. The minimum atomic E-state index is -0.869. The van der Waals surface area contributed by atoms with Gasteiger partial charge in [-0.3, -0.25) is 9.59 Å². The van der Waals surface area contributed by atoms with Gasteiger partial charge in [-0.1, -0.05) is 26.0 Å². The number of methoxy groups -OCH3 is 1. The first-order chi connectivity index (χ1) is 13.2. The molecule has 0 aliphatic rings. The van der Waals surface area contributed by atoms with E-state index in [1.165, 1.54) is 31.4 Å². The third kappa shape index (κ3) is 4.94. The Bertz CT molecular complexity index is 896. The first-order valence-electron chi connectivity index (χ1n) is 8.79. The van der Waals surface area contributed by atoms with Crippen LogP contribution in [0.25, 0.3) is 0 Å². The summed E-state index contributed by atoms with van der Waals surface area (Å²) in [5.41, 5.74) is 1.41. The molecule has 0 bridgehead atoms. The van der Waals surface area contributed by atoms with Gasteiger partial charge >= 0.3 is 5.97 Å². The van der Waals surface area contributed by atoms with E-state index in [-0.39, 0.29) is 11.5 Å². The van der Waals surface area contributed by atoms with Gasteiger partial charge in [-0.25, -0.2) is 9.18 Å². The number of carbonyl (C=O) groups is 3. The summed E-state index contributed by atoms with van der Waals surface area (Å²) in [6, 6.07) is 9.44. The molecule has 0 saturated carbocycles. The van der Waals surface area contributed by atoms with Crippen LogP contribution in [0, 0.1) is 18.7 Å². The zero-order valence-electron chi connectivity index (χ0n) is 16.2. The molecule has 0 heterocycles. The lowest BCUT2D eigenvalue weighted by atomic mass is 10.0. The average Bonchev–Trinajstić information content (AvgIpc) is 2.66. The predicted molar refractivity (Wildman–Crippen MR) is 104 cm³/mol. The molecule has 0 saturated heterocycles. The lowest BCUT2D eigenvalue weighted by molar-refractivity contribution is -0.118. The monoisotopic (exact) mass is 386 g/mol. The molecular weight excluding hydrogens is 363 g/mol. The highest BCUT2D eigenvalue weighted by molar-refractivity contribution is 6.02. The Labute approximate surface area is 163 Å². The number of aryl methyl sites for hydroxylation is 1. The summed E-state index contributed by atoms with van der Waals surface area (Å²) in [7, 11) is 1.29. The van der Waals surface area contributed by atoms with Crippen LogP contribution < -0.4 is 10.6 Å². The van der Waals surface area contributed by atoms with Gasteiger partial charge in [-0.15, -0.1) is 0 Å². The molecule has 2 rings (SSSR count). The first kappa shape index (κ1) is 21.1. The van der Waals surface area contributed by atoms with Gasteiger partial charge in [0.05, 0.1) is 18.2 Å². The number of nitrogens with one attached hydrogen (secondary N) is 2. The SMILES string of the molecule is COC(=O)c1ccc(NC(=O)[C@@H](NC(=O)c2ccccc2F)C(C)C)c(C)c1. The maximum absolute atomic E-state index is 13.8. The molecule has 2 aromatic rings. The summed E-state index contributed by atoms with van der Waals surface area (Å²) in [5.74, 6) is -2.46. The third-order valence-electron chi connectivity index (χ3n) is 4.26. The van der Waals surface area contributed by atoms with Crippen LogP contribution in [0.15, 0.2) is 42.5 Å². The van der Waals surface area contributed by atoms with Gasteiger partial charge in [0, 0.05) is 5.69 Å². The van der Waals surface area contributed by atoms with Crippen LogP contribution in [-0.2, 0) is 9.53 Å². The molecule has 0 fully saturated rings. The molecule has 28 heavy (non-hydrogen) atoms. The van der Waals surface area contributed by atoms with E-state index in [9.17, 15) is 18.8 Å². The second-order valence-electron chi connectivity index (χ2n) is 6.69. The van der Waals surface area contributed by atoms with Crippen LogP contribution in [0.1, 0.15) is 40.1 Å². The van der Waals surface area contributed by atoms with E-state index in [1.807, 2.05) is 0 Å². The van der Waals surface area contributed by atoms with Crippen molar-refractivity contribution in [2.75, 3.05) is 12.4 Å². The second-order valence-corrected chi connectivity index (χ2v) is 6.69. The topological polar surface area (TPSA) is 84.5 Å². The van der Waals surface area contributed by atoms with Crippen molar-refractivity contribution in [3.05, 3.63) is 65.0 Å². The molecule has 7 heteroatoms. The summed E-state index contributed by atoms with van der Waals surface area (Å²) in [4.78, 5) is 36.7. The number of carbonyl (C=O) groups excluding carboxylic acids is 3. The predicted octanol–water partition coefficient (Wildman–Crippen LogP) is 3.31. The number of benzene rings is 2. The molecule has 0 spiro atoms. The normalized spacial score (nSPS) is 11.6. The number of hydrogen-bond donors (Lipinski definition) is 2. The molecule has 0 unspecified atom stereocenters. The van der Waals surface area contributed by atoms with Crippen LogP contribution in [0.5, 0.6) is 0 Å². The summed E-state index contributed by atoms with van der Waals surface area (Å²) in [5, 5.41) is 5.33. The average molecular weight is 386 g/mol. The van der Waals surface area contributed by atoms with E-state index in [4.69, 9.17) is 0 Å². The highest BCUT2D eigenvalue weighted by atomic mass is 19.1. The van der Waals surface area contributed by atoms with E-state index in [2.05, 4.69) is 15.4 Å². The highest BCUT2D eigenvalue weighted by Crippen LogP contribution is 2.18. The second kappa shape index (κ2) is 9.12. The van der Waals surface area contributed by atoms with E-state index in [0.29, 0.717) is 16.8 Å². The summed E-state index contributed by atoms with van der Waals surface area (Å²) in [6.45, 7) is 5.29. The molecule has 2 amide bonds. The Kier molecular flexibility index (Phi) is 6.87. The molecule has 6 nitrogen and oxygen atoms in total. The van der Waals surface area contributed by atoms with Crippen LogP contribution in [0.4, 0.5) is 10.1 Å². The molecule has 2 N–H and O–H groups in total. The number of hydrogen-bond acceptors (Lipinski definition) is 4. The largest absolute Gasteiger partial charge is 0.465 e. The minimum absolute atomic E-state index is 0.125. The van der Waals surface area contributed by atoms with E-state index < -0.39 is 29.6 Å². The van der Waals surface area contributed by atoms with Crippen molar-refractivity contribution in [1.29, 1.82) is 0 Å². The third-order valence-corrected chi connectivity index (χ3v) is 4.26. The van der Waals surface area contributed by atoms with Gasteiger partial charge in [0.2, 0.25) is 5.91 Å². The quantitative estimate of drug-likeness (QED) is 0.746. The summed E-state index contributed by atoms with van der Waals surface area (Å²) in [6.07, 6.45) is 0. The van der Waals surface area contributed by atoms with Crippen molar-refractivity contribution in [3.8, 4) is 0 Å². The first-order valence-corrected chi connectivity index (χ1v) is 8.79. The van der Waals surface area contributed by atoms with Crippen molar-refractivity contribution in [2.24, 2.45) is 5.92 Å². The van der Waals surface area contributed by atoms with Crippen LogP contribution in [0.2, 0.25) is 0 Å². The zero-order chi connectivity index (χ0) is 20.8. The van der Waals surface area contributed by atoms with Crippen LogP contribution >= 0.6 is 0 Å².